The molecule has 0 aliphatic rings. The smallest absolute Gasteiger partial charge is 0.0299 e. The van der Waals surface area contributed by atoms with E-state index in [1.54, 1.807) is 0 Å². The number of hydrogen-bond acceptors (Lipinski definition) is 1. The van der Waals surface area contributed by atoms with Crippen LogP contribution in [0.3, 0.4) is 0 Å². The van der Waals surface area contributed by atoms with Gasteiger partial charge in [-0.15, -0.1) is 0 Å². The van der Waals surface area contributed by atoms with E-state index >= 15 is 0 Å². The van der Waals surface area contributed by atoms with Crippen molar-refractivity contribution in [2.75, 3.05) is 0 Å². The molecule has 0 unspecified atom stereocenters. The molecule has 0 fully saturated rings. The van der Waals surface area contributed by atoms with Gasteiger partial charge in [0.25, 0.3) is 0 Å². The van der Waals surface area contributed by atoms with E-state index in [4.69, 9.17) is 0 Å². The van der Waals surface area contributed by atoms with Crippen molar-refractivity contribution < 1.29 is 0 Å². The van der Waals surface area contributed by atoms with Gasteiger partial charge < -0.3 is 0 Å². The van der Waals surface area contributed by atoms with Crippen LogP contribution >= 0.6 is 0 Å². The van der Waals surface area contributed by atoms with Crippen LogP contribution in [0.1, 0.15) is 39.2 Å². The van der Waals surface area contributed by atoms with Crippen molar-refractivity contribution in [1.29, 1.82) is 0 Å². The zero-order chi connectivity index (χ0) is 9.73. The summed E-state index contributed by atoms with van der Waals surface area (Å²) in [6.07, 6.45) is 7.43. The van der Waals surface area contributed by atoms with Gasteiger partial charge in [0.05, 0.1) is 0 Å². The van der Waals surface area contributed by atoms with Crippen LogP contribution < -0.4 is 0 Å². The van der Waals surface area contributed by atoms with E-state index in [9.17, 15) is 0 Å². The lowest BCUT2D eigenvalue weighted by Crippen LogP contribution is -2.10. The highest BCUT2D eigenvalue weighted by molar-refractivity contribution is 5.08. The van der Waals surface area contributed by atoms with Crippen LogP contribution in [0.4, 0.5) is 0 Å². The molecule has 0 N–H and O–H groups in total. The Kier molecular flexibility index (Phi) is 3.47. The highest BCUT2D eigenvalue weighted by atomic mass is 14.6. The Labute approximate surface area is 81.2 Å². The SMILES string of the molecule is CCC(C)(C)CCc1cccnc1. The van der Waals surface area contributed by atoms with E-state index in [0.29, 0.717) is 5.41 Å². The Morgan fingerprint density at radius 3 is 2.69 bits per heavy atom. The second kappa shape index (κ2) is 4.40. The van der Waals surface area contributed by atoms with Crippen molar-refractivity contribution in [2.24, 2.45) is 5.41 Å². The monoisotopic (exact) mass is 177 g/mol. The topological polar surface area (TPSA) is 12.9 Å². The first-order valence-electron chi connectivity index (χ1n) is 5.03. The number of nitrogens with zero attached hydrogens (tertiary/aromatic N) is 1. The number of rotatable bonds is 4. The maximum Gasteiger partial charge on any atom is 0.0299 e. The summed E-state index contributed by atoms with van der Waals surface area (Å²) in [5.74, 6) is 0. The van der Waals surface area contributed by atoms with Crippen LogP contribution in [0, 0.1) is 5.41 Å². The van der Waals surface area contributed by atoms with E-state index < -0.39 is 0 Å². The molecule has 0 aromatic carbocycles. The molecule has 0 spiro atoms. The first kappa shape index (κ1) is 10.2. The summed E-state index contributed by atoms with van der Waals surface area (Å²) in [6.45, 7) is 6.90. The second-order valence-electron chi connectivity index (χ2n) is 4.38. The quantitative estimate of drug-likeness (QED) is 0.686. The normalized spacial score (nSPS) is 11.6. The zero-order valence-electron chi connectivity index (χ0n) is 8.88. The van der Waals surface area contributed by atoms with Crippen molar-refractivity contribution in [2.45, 2.75) is 40.0 Å². The zero-order valence-corrected chi connectivity index (χ0v) is 8.88. The summed E-state index contributed by atoms with van der Waals surface area (Å²) in [7, 11) is 0. The van der Waals surface area contributed by atoms with Gasteiger partial charge in [-0.3, -0.25) is 4.98 Å². The molecule has 0 saturated heterocycles. The second-order valence-corrected chi connectivity index (χ2v) is 4.38. The third-order valence-corrected chi connectivity index (χ3v) is 2.77. The number of pyridine rings is 1. The van der Waals surface area contributed by atoms with E-state index in [-0.39, 0.29) is 0 Å². The average molecular weight is 177 g/mol. The van der Waals surface area contributed by atoms with Gasteiger partial charge in [0.2, 0.25) is 0 Å². The standard InChI is InChI=1S/C12H19N/c1-4-12(2,3)8-7-11-6-5-9-13-10-11/h5-6,9-10H,4,7-8H2,1-3H3. The van der Waals surface area contributed by atoms with Crippen LogP contribution in [0.25, 0.3) is 0 Å². The van der Waals surface area contributed by atoms with Crippen molar-refractivity contribution in [1.82, 2.24) is 4.98 Å². The number of aromatic nitrogens is 1. The molecule has 1 heterocycles. The van der Waals surface area contributed by atoms with Crippen LogP contribution in [0.2, 0.25) is 0 Å². The maximum atomic E-state index is 4.11. The van der Waals surface area contributed by atoms with E-state index in [1.807, 2.05) is 18.5 Å². The number of hydrogen-bond donors (Lipinski definition) is 0. The Hall–Kier alpha value is -0.850. The molecule has 1 heteroatoms. The molecule has 1 aromatic rings. The van der Waals surface area contributed by atoms with Gasteiger partial charge in [-0.2, -0.15) is 0 Å². The summed E-state index contributed by atoms with van der Waals surface area (Å²) < 4.78 is 0. The van der Waals surface area contributed by atoms with E-state index in [1.165, 1.54) is 18.4 Å². The average Bonchev–Trinajstić information content (AvgIpc) is 2.17. The molecule has 13 heavy (non-hydrogen) atoms. The molecular formula is C12H19N. The van der Waals surface area contributed by atoms with Crippen LogP contribution in [-0.2, 0) is 6.42 Å². The minimum atomic E-state index is 0.468. The highest BCUT2D eigenvalue weighted by Crippen LogP contribution is 2.25. The number of aryl methyl sites for hydroxylation is 1. The fraction of sp³-hybridized carbons (Fsp3) is 0.583. The maximum absolute atomic E-state index is 4.11. The van der Waals surface area contributed by atoms with Gasteiger partial charge in [0.1, 0.15) is 0 Å². The lowest BCUT2D eigenvalue weighted by atomic mass is 9.84. The van der Waals surface area contributed by atoms with Crippen molar-refractivity contribution in [3.63, 3.8) is 0 Å². The molecular weight excluding hydrogens is 158 g/mol. The third-order valence-electron chi connectivity index (χ3n) is 2.77. The first-order chi connectivity index (χ1) is 6.14. The largest absolute Gasteiger partial charge is 0.264 e. The minimum Gasteiger partial charge on any atom is -0.264 e. The van der Waals surface area contributed by atoms with E-state index in [0.717, 1.165) is 6.42 Å². The minimum absolute atomic E-state index is 0.468. The lowest BCUT2D eigenvalue weighted by molar-refractivity contribution is 0.322. The van der Waals surface area contributed by atoms with Gasteiger partial charge in [0, 0.05) is 12.4 Å². The Bertz CT molecular complexity index is 239. The van der Waals surface area contributed by atoms with E-state index in [2.05, 4.69) is 31.8 Å². The predicted octanol–water partition coefficient (Wildman–Crippen LogP) is 3.45. The summed E-state index contributed by atoms with van der Waals surface area (Å²) >= 11 is 0. The molecule has 0 saturated carbocycles. The Morgan fingerprint density at radius 2 is 2.15 bits per heavy atom. The fourth-order valence-electron chi connectivity index (χ4n) is 1.21. The lowest BCUT2D eigenvalue weighted by Gasteiger charge is -2.22. The van der Waals surface area contributed by atoms with Crippen molar-refractivity contribution in [3.8, 4) is 0 Å². The van der Waals surface area contributed by atoms with Gasteiger partial charge in [0.15, 0.2) is 0 Å². The summed E-state index contributed by atoms with van der Waals surface area (Å²) in [5.41, 5.74) is 1.82. The molecule has 0 atom stereocenters. The molecule has 0 amide bonds. The van der Waals surface area contributed by atoms with Gasteiger partial charge >= 0.3 is 0 Å². The van der Waals surface area contributed by atoms with Gasteiger partial charge in [-0.1, -0.05) is 33.3 Å². The van der Waals surface area contributed by atoms with Gasteiger partial charge in [-0.05, 0) is 29.9 Å². The molecule has 1 aromatic heterocycles. The highest BCUT2D eigenvalue weighted by Gasteiger charge is 2.14. The molecule has 1 rings (SSSR count). The third kappa shape index (κ3) is 3.58. The van der Waals surface area contributed by atoms with Crippen LogP contribution in [0.5, 0.6) is 0 Å². The van der Waals surface area contributed by atoms with Crippen LogP contribution in [0.15, 0.2) is 24.5 Å². The molecule has 1 nitrogen and oxygen atoms in total. The van der Waals surface area contributed by atoms with Gasteiger partial charge in [-0.25, -0.2) is 0 Å². The van der Waals surface area contributed by atoms with Crippen molar-refractivity contribution in [3.05, 3.63) is 30.1 Å². The summed E-state index contributed by atoms with van der Waals surface area (Å²) in [5, 5.41) is 0. The summed E-state index contributed by atoms with van der Waals surface area (Å²) in [6, 6.07) is 4.16. The summed E-state index contributed by atoms with van der Waals surface area (Å²) in [4.78, 5) is 4.11. The fourth-order valence-corrected chi connectivity index (χ4v) is 1.21. The van der Waals surface area contributed by atoms with Crippen molar-refractivity contribution >= 4 is 0 Å². The molecule has 0 aliphatic carbocycles. The molecule has 0 aliphatic heterocycles. The molecule has 0 bridgehead atoms. The molecule has 0 radical (unpaired) electrons. The Morgan fingerprint density at radius 1 is 1.38 bits per heavy atom. The predicted molar refractivity (Wildman–Crippen MR) is 56.6 cm³/mol. The first-order valence-corrected chi connectivity index (χ1v) is 5.03. The van der Waals surface area contributed by atoms with Crippen LogP contribution in [-0.4, -0.2) is 4.98 Å². The Balaban J connectivity index is 2.44. The molecule has 72 valence electrons.